The highest BCUT2D eigenvalue weighted by molar-refractivity contribution is 4.97. The van der Waals surface area contributed by atoms with Crippen molar-refractivity contribution in [1.82, 2.24) is 15.3 Å². The van der Waals surface area contributed by atoms with Gasteiger partial charge in [0.1, 0.15) is 6.33 Å². The molecule has 1 saturated carbocycles. The predicted octanol–water partition coefficient (Wildman–Crippen LogP) is 0.870. The summed E-state index contributed by atoms with van der Waals surface area (Å²) in [6, 6.07) is 2.45. The molecule has 0 amide bonds. The molecule has 1 fully saturated rings. The van der Waals surface area contributed by atoms with Gasteiger partial charge in [0.2, 0.25) is 0 Å². The Hall–Kier alpha value is -1.00. The number of nitrogens with zero attached hydrogens (tertiary/aromatic N) is 2. The quantitative estimate of drug-likeness (QED) is 0.772. The molecule has 1 aromatic rings. The van der Waals surface area contributed by atoms with Gasteiger partial charge in [-0.05, 0) is 31.7 Å². The van der Waals surface area contributed by atoms with E-state index in [1.54, 1.807) is 12.5 Å². The maximum atomic E-state index is 9.36. The lowest BCUT2D eigenvalue weighted by Crippen LogP contribution is -2.34. The number of hydrogen-bond donors (Lipinski definition) is 2. The summed E-state index contributed by atoms with van der Waals surface area (Å²) >= 11 is 0. The first-order chi connectivity index (χ1) is 7.34. The molecular formula is C11H17N3O. The summed E-state index contributed by atoms with van der Waals surface area (Å²) in [7, 11) is 0. The van der Waals surface area contributed by atoms with Crippen LogP contribution in [0.3, 0.4) is 0 Å². The Labute approximate surface area is 89.8 Å². The summed E-state index contributed by atoms with van der Waals surface area (Å²) in [6.07, 6.45) is 7.21. The van der Waals surface area contributed by atoms with E-state index in [2.05, 4.69) is 15.3 Å². The molecular weight excluding hydrogens is 190 g/mol. The minimum atomic E-state index is -0.0814. The molecule has 0 saturated heterocycles. The lowest BCUT2D eigenvalue weighted by atomic mass is 9.93. The smallest absolute Gasteiger partial charge is 0.115 e. The van der Waals surface area contributed by atoms with Crippen molar-refractivity contribution < 1.29 is 5.11 Å². The molecule has 15 heavy (non-hydrogen) atoms. The zero-order valence-electron chi connectivity index (χ0n) is 8.76. The van der Waals surface area contributed by atoms with Crippen molar-refractivity contribution in [3.05, 3.63) is 24.3 Å². The van der Waals surface area contributed by atoms with Crippen molar-refractivity contribution in [2.75, 3.05) is 0 Å². The van der Waals surface area contributed by atoms with E-state index in [0.717, 1.165) is 37.9 Å². The van der Waals surface area contributed by atoms with E-state index in [9.17, 15) is 5.11 Å². The maximum Gasteiger partial charge on any atom is 0.115 e. The van der Waals surface area contributed by atoms with Crippen LogP contribution in [-0.4, -0.2) is 27.2 Å². The standard InChI is InChI=1S/C11H17N3O/c15-11-3-1-9(2-4-11)13-7-10-5-6-12-8-14-10/h5-6,8-9,11,13,15H,1-4,7H2. The Morgan fingerprint density at radius 2 is 2.13 bits per heavy atom. The molecule has 1 aromatic heterocycles. The summed E-state index contributed by atoms with van der Waals surface area (Å²) in [6.45, 7) is 0.795. The van der Waals surface area contributed by atoms with Crippen LogP contribution in [0.2, 0.25) is 0 Å². The van der Waals surface area contributed by atoms with Crippen LogP contribution >= 0.6 is 0 Å². The fourth-order valence-electron chi connectivity index (χ4n) is 1.95. The van der Waals surface area contributed by atoms with E-state index in [1.165, 1.54) is 0 Å². The highest BCUT2D eigenvalue weighted by atomic mass is 16.3. The highest BCUT2D eigenvalue weighted by Gasteiger charge is 2.18. The monoisotopic (exact) mass is 207 g/mol. The minimum absolute atomic E-state index is 0.0814. The molecule has 4 nitrogen and oxygen atoms in total. The Balaban J connectivity index is 1.74. The third-order valence-electron chi connectivity index (χ3n) is 2.91. The van der Waals surface area contributed by atoms with Gasteiger partial charge in [-0.3, -0.25) is 0 Å². The van der Waals surface area contributed by atoms with Gasteiger partial charge in [0.25, 0.3) is 0 Å². The molecule has 0 bridgehead atoms. The number of aromatic nitrogens is 2. The van der Waals surface area contributed by atoms with Crippen LogP contribution in [-0.2, 0) is 6.54 Å². The zero-order chi connectivity index (χ0) is 10.5. The van der Waals surface area contributed by atoms with Crippen LogP contribution in [0, 0.1) is 0 Å². The minimum Gasteiger partial charge on any atom is -0.393 e. The average Bonchev–Trinajstić information content (AvgIpc) is 2.30. The topological polar surface area (TPSA) is 58.0 Å². The van der Waals surface area contributed by atoms with E-state index in [1.807, 2.05) is 6.07 Å². The van der Waals surface area contributed by atoms with Crippen molar-refractivity contribution in [3.8, 4) is 0 Å². The third-order valence-corrected chi connectivity index (χ3v) is 2.91. The maximum absolute atomic E-state index is 9.36. The van der Waals surface area contributed by atoms with Crippen molar-refractivity contribution >= 4 is 0 Å². The van der Waals surface area contributed by atoms with Crippen LogP contribution < -0.4 is 5.32 Å². The molecule has 0 atom stereocenters. The normalized spacial score (nSPS) is 26.5. The van der Waals surface area contributed by atoms with Gasteiger partial charge in [-0.25, -0.2) is 9.97 Å². The van der Waals surface area contributed by atoms with Gasteiger partial charge in [-0.2, -0.15) is 0 Å². The average molecular weight is 207 g/mol. The predicted molar refractivity (Wildman–Crippen MR) is 57.1 cm³/mol. The van der Waals surface area contributed by atoms with E-state index in [0.29, 0.717) is 6.04 Å². The van der Waals surface area contributed by atoms with Crippen molar-refractivity contribution in [1.29, 1.82) is 0 Å². The van der Waals surface area contributed by atoms with E-state index >= 15 is 0 Å². The van der Waals surface area contributed by atoms with Crippen LogP contribution in [0.25, 0.3) is 0 Å². The number of rotatable bonds is 3. The fourth-order valence-corrected chi connectivity index (χ4v) is 1.95. The van der Waals surface area contributed by atoms with Gasteiger partial charge in [-0.15, -0.1) is 0 Å². The molecule has 2 N–H and O–H groups in total. The van der Waals surface area contributed by atoms with Crippen molar-refractivity contribution in [2.24, 2.45) is 0 Å². The molecule has 82 valence electrons. The second-order valence-electron chi connectivity index (χ2n) is 4.09. The summed E-state index contributed by atoms with van der Waals surface area (Å²) in [5.41, 5.74) is 1.02. The van der Waals surface area contributed by atoms with Gasteiger partial charge >= 0.3 is 0 Å². The first-order valence-electron chi connectivity index (χ1n) is 5.51. The van der Waals surface area contributed by atoms with Crippen LogP contribution in [0.5, 0.6) is 0 Å². The number of nitrogens with one attached hydrogen (secondary N) is 1. The van der Waals surface area contributed by atoms with E-state index in [4.69, 9.17) is 0 Å². The third kappa shape index (κ3) is 3.25. The molecule has 0 aromatic carbocycles. The van der Waals surface area contributed by atoms with Crippen molar-refractivity contribution in [2.45, 2.75) is 44.4 Å². The summed E-state index contributed by atoms with van der Waals surface area (Å²) < 4.78 is 0. The van der Waals surface area contributed by atoms with Crippen LogP contribution in [0.15, 0.2) is 18.6 Å². The molecule has 0 unspecified atom stereocenters. The van der Waals surface area contributed by atoms with Gasteiger partial charge < -0.3 is 10.4 Å². The van der Waals surface area contributed by atoms with Gasteiger partial charge in [0, 0.05) is 18.8 Å². The van der Waals surface area contributed by atoms with Gasteiger partial charge in [0.15, 0.2) is 0 Å². The molecule has 1 aliphatic rings. The first-order valence-corrected chi connectivity index (χ1v) is 5.51. The molecule has 1 aliphatic carbocycles. The molecule has 4 heteroatoms. The Bertz CT molecular complexity index is 283. The second-order valence-corrected chi connectivity index (χ2v) is 4.09. The Kier molecular flexibility index (Phi) is 3.64. The highest BCUT2D eigenvalue weighted by Crippen LogP contribution is 2.18. The SMILES string of the molecule is OC1CCC(NCc2ccncn2)CC1. The van der Waals surface area contributed by atoms with Crippen molar-refractivity contribution in [3.63, 3.8) is 0 Å². The lowest BCUT2D eigenvalue weighted by molar-refractivity contribution is 0.116. The number of hydrogen-bond acceptors (Lipinski definition) is 4. The zero-order valence-corrected chi connectivity index (χ0v) is 8.76. The molecule has 0 radical (unpaired) electrons. The van der Waals surface area contributed by atoms with E-state index < -0.39 is 0 Å². The molecule has 0 spiro atoms. The van der Waals surface area contributed by atoms with E-state index in [-0.39, 0.29) is 6.10 Å². The molecule has 0 aliphatic heterocycles. The van der Waals surface area contributed by atoms with Crippen LogP contribution in [0.4, 0.5) is 0 Å². The summed E-state index contributed by atoms with van der Waals surface area (Å²) in [5, 5.41) is 12.8. The first kappa shape index (κ1) is 10.5. The largest absolute Gasteiger partial charge is 0.393 e. The van der Waals surface area contributed by atoms with Gasteiger partial charge in [-0.1, -0.05) is 0 Å². The molecule has 2 rings (SSSR count). The number of aliphatic hydroxyl groups excluding tert-OH is 1. The van der Waals surface area contributed by atoms with Crippen LogP contribution in [0.1, 0.15) is 31.4 Å². The summed E-state index contributed by atoms with van der Waals surface area (Å²) in [4.78, 5) is 8.03. The Morgan fingerprint density at radius 3 is 2.80 bits per heavy atom. The lowest BCUT2D eigenvalue weighted by Gasteiger charge is -2.26. The van der Waals surface area contributed by atoms with Gasteiger partial charge in [0.05, 0.1) is 11.8 Å². The summed E-state index contributed by atoms with van der Waals surface area (Å²) in [5.74, 6) is 0. The number of aliphatic hydroxyl groups is 1. The molecule has 1 heterocycles. The Morgan fingerprint density at radius 1 is 1.33 bits per heavy atom. The second kappa shape index (κ2) is 5.19. The fraction of sp³-hybridized carbons (Fsp3) is 0.636.